The summed E-state index contributed by atoms with van der Waals surface area (Å²) in [4.78, 5) is 10.8. The molecule has 0 aliphatic carbocycles. The Morgan fingerprint density at radius 1 is 1.40 bits per heavy atom. The van der Waals surface area contributed by atoms with Gasteiger partial charge in [-0.25, -0.2) is 9.97 Å². The molecule has 0 saturated carbocycles. The molecular weight excluding hydrogens is 230 g/mol. The van der Waals surface area contributed by atoms with Crippen molar-refractivity contribution in [2.75, 3.05) is 24.2 Å². The number of halogens is 1. The Hall–Kier alpha value is -0.480. The smallest absolute Gasteiger partial charge is 0.190 e. The highest BCUT2D eigenvalue weighted by Crippen LogP contribution is 2.33. The third-order valence-electron chi connectivity index (χ3n) is 2.41. The fourth-order valence-corrected chi connectivity index (χ4v) is 2.39. The van der Waals surface area contributed by atoms with Crippen LogP contribution in [0, 0.1) is 5.41 Å². The van der Waals surface area contributed by atoms with Crippen molar-refractivity contribution < 1.29 is 0 Å². The SMILES string of the molecule is CSc1nc(Cl)cc(N2CC(C)(C)C2)n1. The van der Waals surface area contributed by atoms with E-state index in [1.165, 1.54) is 11.8 Å². The standard InChI is InChI=1S/C10H14ClN3S/c1-10(2)5-14(6-10)8-4-7(11)12-9(13-8)15-3/h4H,5-6H2,1-3H3. The molecule has 0 N–H and O–H groups in total. The summed E-state index contributed by atoms with van der Waals surface area (Å²) in [6.07, 6.45) is 1.95. The topological polar surface area (TPSA) is 29.0 Å². The van der Waals surface area contributed by atoms with E-state index in [1.54, 1.807) is 0 Å². The molecule has 1 saturated heterocycles. The minimum Gasteiger partial charge on any atom is -0.355 e. The predicted molar refractivity (Wildman–Crippen MR) is 64.8 cm³/mol. The molecule has 1 aromatic heterocycles. The van der Waals surface area contributed by atoms with Gasteiger partial charge in [-0.2, -0.15) is 0 Å². The number of rotatable bonds is 2. The van der Waals surface area contributed by atoms with Crippen LogP contribution in [0.4, 0.5) is 5.82 Å². The molecule has 82 valence electrons. The molecule has 3 nitrogen and oxygen atoms in total. The van der Waals surface area contributed by atoms with Crippen molar-refractivity contribution >= 4 is 29.2 Å². The van der Waals surface area contributed by atoms with E-state index in [4.69, 9.17) is 11.6 Å². The zero-order valence-electron chi connectivity index (χ0n) is 9.12. The average Bonchev–Trinajstić information content (AvgIpc) is 2.13. The van der Waals surface area contributed by atoms with E-state index in [-0.39, 0.29) is 0 Å². The van der Waals surface area contributed by atoms with Gasteiger partial charge in [-0.15, -0.1) is 0 Å². The van der Waals surface area contributed by atoms with E-state index in [1.807, 2.05) is 12.3 Å². The van der Waals surface area contributed by atoms with Gasteiger partial charge in [-0.1, -0.05) is 37.2 Å². The summed E-state index contributed by atoms with van der Waals surface area (Å²) in [5, 5.41) is 1.26. The van der Waals surface area contributed by atoms with E-state index in [0.717, 1.165) is 24.1 Å². The van der Waals surface area contributed by atoms with Crippen molar-refractivity contribution in [1.29, 1.82) is 0 Å². The van der Waals surface area contributed by atoms with Crippen LogP contribution in [0.15, 0.2) is 11.2 Å². The van der Waals surface area contributed by atoms with Crippen LogP contribution in [0.3, 0.4) is 0 Å². The Morgan fingerprint density at radius 2 is 2.07 bits per heavy atom. The summed E-state index contributed by atoms with van der Waals surface area (Å²) in [7, 11) is 0. The van der Waals surface area contributed by atoms with Gasteiger partial charge in [-0.05, 0) is 11.7 Å². The van der Waals surface area contributed by atoms with Crippen LogP contribution < -0.4 is 4.90 Å². The second kappa shape index (κ2) is 3.83. The molecule has 1 aliphatic heterocycles. The fraction of sp³-hybridized carbons (Fsp3) is 0.600. The van der Waals surface area contributed by atoms with Crippen LogP contribution in [0.1, 0.15) is 13.8 Å². The van der Waals surface area contributed by atoms with Crippen LogP contribution in [0.5, 0.6) is 0 Å². The van der Waals surface area contributed by atoms with Gasteiger partial charge < -0.3 is 4.90 Å². The first-order valence-electron chi connectivity index (χ1n) is 4.84. The third-order valence-corrected chi connectivity index (χ3v) is 3.15. The van der Waals surface area contributed by atoms with E-state index >= 15 is 0 Å². The normalized spacial score (nSPS) is 18.8. The summed E-state index contributed by atoms with van der Waals surface area (Å²) >= 11 is 7.45. The van der Waals surface area contributed by atoms with E-state index < -0.39 is 0 Å². The maximum Gasteiger partial charge on any atom is 0.190 e. The highest BCUT2D eigenvalue weighted by molar-refractivity contribution is 7.98. The van der Waals surface area contributed by atoms with Crippen molar-refractivity contribution in [2.24, 2.45) is 5.41 Å². The lowest BCUT2D eigenvalue weighted by Crippen LogP contribution is -2.53. The first kappa shape index (κ1) is 11.0. The van der Waals surface area contributed by atoms with Crippen molar-refractivity contribution in [3.05, 3.63) is 11.2 Å². The fourth-order valence-electron chi connectivity index (χ4n) is 1.79. The lowest BCUT2D eigenvalue weighted by Gasteiger charge is -2.46. The number of aromatic nitrogens is 2. The van der Waals surface area contributed by atoms with Gasteiger partial charge in [0.1, 0.15) is 11.0 Å². The number of thioether (sulfide) groups is 1. The van der Waals surface area contributed by atoms with Gasteiger partial charge in [0.15, 0.2) is 5.16 Å². The predicted octanol–water partition coefficient (Wildman–Crippen LogP) is 2.70. The minimum atomic E-state index is 0.400. The Morgan fingerprint density at radius 3 is 2.60 bits per heavy atom. The summed E-state index contributed by atoms with van der Waals surface area (Å²) in [5.41, 5.74) is 0.400. The molecule has 0 spiro atoms. The molecule has 15 heavy (non-hydrogen) atoms. The zero-order chi connectivity index (χ0) is 11.1. The highest BCUT2D eigenvalue weighted by Gasteiger charge is 2.35. The Bertz CT molecular complexity index is 373. The summed E-state index contributed by atoms with van der Waals surface area (Å²) in [6.45, 7) is 6.58. The van der Waals surface area contributed by atoms with Gasteiger partial charge in [0.25, 0.3) is 0 Å². The molecule has 0 aromatic carbocycles. The van der Waals surface area contributed by atoms with Gasteiger partial charge in [0, 0.05) is 19.2 Å². The number of anilines is 1. The van der Waals surface area contributed by atoms with E-state index in [0.29, 0.717) is 10.6 Å². The quantitative estimate of drug-likeness (QED) is 0.454. The number of nitrogens with zero attached hydrogens (tertiary/aromatic N) is 3. The number of hydrogen-bond acceptors (Lipinski definition) is 4. The first-order chi connectivity index (χ1) is 7.00. The lowest BCUT2D eigenvalue weighted by atomic mass is 9.84. The van der Waals surface area contributed by atoms with E-state index in [9.17, 15) is 0 Å². The molecular formula is C10H14ClN3S. The molecule has 0 atom stereocenters. The van der Waals surface area contributed by atoms with Gasteiger partial charge >= 0.3 is 0 Å². The molecule has 1 fully saturated rings. The molecule has 5 heteroatoms. The molecule has 2 heterocycles. The average molecular weight is 244 g/mol. The van der Waals surface area contributed by atoms with Crippen molar-refractivity contribution in [3.8, 4) is 0 Å². The minimum absolute atomic E-state index is 0.400. The van der Waals surface area contributed by atoms with Gasteiger partial charge in [0.05, 0.1) is 0 Å². The monoisotopic (exact) mass is 243 g/mol. The number of hydrogen-bond donors (Lipinski definition) is 0. The van der Waals surface area contributed by atoms with Crippen molar-refractivity contribution in [1.82, 2.24) is 9.97 Å². The Balaban J connectivity index is 2.19. The molecule has 0 radical (unpaired) electrons. The van der Waals surface area contributed by atoms with Gasteiger partial charge in [0.2, 0.25) is 0 Å². The van der Waals surface area contributed by atoms with Crippen molar-refractivity contribution in [3.63, 3.8) is 0 Å². The first-order valence-corrected chi connectivity index (χ1v) is 6.44. The molecule has 1 aromatic rings. The summed E-state index contributed by atoms with van der Waals surface area (Å²) < 4.78 is 0. The van der Waals surface area contributed by atoms with E-state index in [2.05, 4.69) is 28.7 Å². The zero-order valence-corrected chi connectivity index (χ0v) is 10.7. The molecule has 0 unspecified atom stereocenters. The highest BCUT2D eigenvalue weighted by atomic mass is 35.5. The van der Waals surface area contributed by atoms with Crippen LogP contribution in [0.25, 0.3) is 0 Å². The maximum atomic E-state index is 5.93. The summed E-state index contributed by atoms with van der Waals surface area (Å²) in [6, 6.07) is 1.83. The summed E-state index contributed by atoms with van der Waals surface area (Å²) in [5.74, 6) is 0.943. The molecule has 1 aliphatic rings. The Kier molecular flexibility index (Phi) is 2.81. The van der Waals surface area contributed by atoms with Crippen LogP contribution in [-0.4, -0.2) is 29.3 Å². The van der Waals surface area contributed by atoms with Crippen LogP contribution in [0.2, 0.25) is 5.15 Å². The maximum absolute atomic E-state index is 5.93. The molecule has 0 bridgehead atoms. The Labute approximate surface area is 99.2 Å². The van der Waals surface area contributed by atoms with Crippen LogP contribution in [-0.2, 0) is 0 Å². The lowest BCUT2D eigenvalue weighted by molar-refractivity contribution is 0.274. The largest absolute Gasteiger partial charge is 0.355 e. The second-order valence-corrected chi connectivity index (χ2v) is 5.72. The third kappa shape index (κ3) is 2.37. The van der Waals surface area contributed by atoms with Crippen molar-refractivity contribution in [2.45, 2.75) is 19.0 Å². The molecule has 2 rings (SSSR count). The molecule has 0 amide bonds. The van der Waals surface area contributed by atoms with Gasteiger partial charge in [-0.3, -0.25) is 0 Å². The van der Waals surface area contributed by atoms with Crippen LogP contribution >= 0.6 is 23.4 Å². The second-order valence-electron chi connectivity index (χ2n) is 4.56.